The van der Waals surface area contributed by atoms with E-state index in [9.17, 15) is 5.11 Å². The van der Waals surface area contributed by atoms with Crippen LogP contribution in [0.15, 0.2) is 15.9 Å². The molecule has 2 aromatic heterocycles. The summed E-state index contributed by atoms with van der Waals surface area (Å²) in [6.07, 6.45) is 2.03. The second kappa shape index (κ2) is 6.04. The van der Waals surface area contributed by atoms with Crippen LogP contribution in [0.25, 0.3) is 0 Å². The van der Waals surface area contributed by atoms with Crippen molar-refractivity contribution in [2.75, 3.05) is 0 Å². The zero-order valence-corrected chi connectivity index (χ0v) is 12.6. The topological polar surface area (TPSA) is 46.0 Å². The molecule has 0 aliphatic carbocycles. The number of aliphatic hydroxyl groups excluding tert-OH is 1. The van der Waals surface area contributed by atoms with Crippen molar-refractivity contribution in [3.05, 3.63) is 31.4 Å². The van der Waals surface area contributed by atoms with E-state index in [1.165, 1.54) is 11.5 Å². The standard InChI is InChI=1S/C11H13BrN2OS2/c1-2-3-8-11(17-14-13-8)9(15)6-10-7(12)4-5-16-10/h4-5,9,15H,2-3,6H2,1H3. The van der Waals surface area contributed by atoms with Gasteiger partial charge in [0, 0.05) is 15.8 Å². The summed E-state index contributed by atoms with van der Waals surface area (Å²) < 4.78 is 5.00. The fourth-order valence-electron chi connectivity index (χ4n) is 1.62. The van der Waals surface area contributed by atoms with E-state index in [0.29, 0.717) is 6.42 Å². The summed E-state index contributed by atoms with van der Waals surface area (Å²) in [6, 6.07) is 2.00. The van der Waals surface area contributed by atoms with Gasteiger partial charge in [-0.05, 0) is 45.3 Å². The second-order valence-corrected chi connectivity index (χ2v) is 6.39. The van der Waals surface area contributed by atoms with Crippen molar-refractivity contribution in [1.82, 2.24) is 9.59 Å². The normalized spacial score (nSPS) is 12.9. The highest BCUT2D eigenvalue weighted by Gasteiger charge is 2.18. The summed E-state index contributed by atoms with van der Waals surface area (Å²) in [5, 5.41) is 16.3. The molecule has 17 heavy (non-hydrogen) atoms. The molecule has 0 aliphatic rings. The van der Waals surface area contributed by atoms with Gasteiger partial charge < -0.3 is 5.11 Å². The van der Waals surface area contributed by atoms with Crippen molar-refractivity contribution >= 4 is 38.8 Å². The minimum atomic E-state index is -0.494. The van der Waals surface area contributed by atoms with Crippen molar-refractivity contribution in [2.24, 2.45) is 0 Å². The van der Waals surface area contributed by atoms with Gasteiger partial charge in [-0.1, -0.05) is 17.8 Å². The first-order chi connectivity index (χ1) is 8.22. The van der Waals surface area contributed by atoms with Crippen LogP contribution in [0.4, 0.5) is 0 Å². The number of thiophene rings is 1. The van der Waals surface area contributed by atoms with E-state index in [0.717, 1.165) is 32.8 Å². The van der Waals surface area contributed by atoms with Crippen molar-refractivity contribution < 1.29 is 5.11 Å². The molecular formula is C11H13BrN2OS2. The average molecular weight is 333 g/mol. The first-order valence-corrected chi connectivity index (χ1v) is 7.88. The SMILES string of the molecule is CCCc1nnsc1C(O)Cc1sccc1Br. The highest BCUT2D eigenvalue weighted by Crippen LogP contribution is 2.30. The maximum atomic E-state index is 10.2. The minimum Gasteiger partial charge on any atom is -0.387 e. The number of rotatable bonds is 5. The Balaban J connectivity index is 2.11. The number of aromatic nitrogens is 2. The van der Waals surface area contributed by atoms with Crippen LogP contribution in [0.2, 0.25) is 0 Å². The van der Waals surface area contributed by atoms with Crippen LogP contribution >= 0.6 is 38.8 Å². The molecule has 0 bridgehead atoms. The van der Waals surface area contributed by atoms with Crippen molar-refractivity contribution in [3.63, 3.8) is 0 Å². The monoisotopic (exact) mass is 332 g/mol. The van der Waals surface area contributed by atoms with E-state index >= 15 is 0 Å². The molecule has 0 saturated heterocycles. The maximum absolute atomic E-state index is 10.2. The van der Waals surface area contributed by atoms with Crippen molar-refractivity contribution in [3.8, 4) is 0 Å². The molecule has 0 radical (unpaired) electrons. The molecule has 2 rings (SSSR count). The minimum absolute atomic E-state index is 0.494. The lowest BCUT2D eigenvalue weighted by atomic mass is 10.1. The summed E-state index contributed by atoms with van der Waals surface area (Å²) in [7, 11) is 0. The van der Waals surface area contributed by atoms with Crippen LogP contribution in [-0.2, 0) is 12.8 Å². The number of aliphatic hydroxyl groups is 1. The summed E-state index contributed by atoms with van der Waals surface area (Å²) >= 11 is 6.43. The summed E-state index contributed by atoms with van der Waals surface area (Å²) in [5.74, 6) is 0. The molecule has 2 aromatic rings. The smallest absolute Gasteiger partial charge is 0.0965 e. The quantitative estimate of drug-likeness (QED) is 0.909. The second-order valence-electron chi connectivity index (χ2n) is 3.75. The molecule has 3 nitrogen and oxygen atoms in total. The molecule has 0 aromatic carbocycles. The third-order valence-corrected chi connectivity index (χ3v) is 5.26. The van der Waals surface area contributed by atoms with E-state index in [-0.39, 0.29) is 0 Å². The van der Waals surface area contributed by atoms with Crippen LogP contribution in [-0.4, -0.2) is 14.7 Å². The molecule has 2 heterocycles. The first-order valence-electron chi connectivity index (χ1n) is 5.43. The van der Waals surface area contributed by atoms with Gasteiger partial charge in [0.15, 0.2) is 0 Å². The average Bonchev–Trinajstić information content (AvgIpc) is 2.89. The number of halogens is 1. The molecule has 0 amide bonds. The zero-order chi connectivity index (χ0) is 12.3. The van der Waals surface area contributed by atoms with Gasteiger partial charge in [0.25, 0.3) is 0 Å². The van der Waals surface area contributed by atoms with Gasteiger partial charge in [-0.2, -0.15) is 0 Å². The highest BCUT2D eigenvalue weighted by molar-refractivity contribution is 9.10. The van der Waals surface area contributed by atoms with Gasteiger partial charge in [0.05, 0.1) is 16.7 Å². The number of nitrogens with zero attached hydrogens (tertiary/aromatic N) is 2. The molecule has 1 N–H and O–H groups in total. The van der Waals surface area contributed by atoms with E-state index < -0.39 is 6.10 Å². The fraction of sp³-hybridized carbons (Fsp3) is 0.455. The molecule has 1 atom stereocenters. The molecule has 1 unspecified atom stereocenters. The Bertz CT molecular complexity index is 483. The molecule has 0 spiro atoms. The number of aryl methyl sites for hydroxylation is 1. The lowest BCUT2D eigenvalue weighted by Gasteiger charge is -2.08. The number of hydrogen-bond acceptors (Lipinski definition) is 5. The Hall–Kier alpha value is -0.300. The van der Waals surface area contributed by atoms with E-state index in [1.54, 1.807) is 11.3 Å². The van der Waals surface area contributed by atoms with Crippen LogP contribution < -0.4 is 0 Å². The molecule has 92 valence electrons. The maximum Gasteiger partial charge on any atom is 0.0965 e. The first kappa shape index (κ1) is 13.1. The molecular weight excluding hydrogens is 320 g/mol. The Morgan fingerprint density at radius 3 is 3.00 bits per heavy atom. The van der Waals surface area contributed by atoms with Crippen molar-refractivity contribution in [1.29, 1.82) is 0 Å². The summed E-state index contributed by atoms with van der Waals surface area (Å²) in [6.45, 7) is 2.10. The van der Waals surface area contributed by atoms with Gasteiger partial charge in [-0.15, -0.1) is 16.4 Å². The highest BCUT2D eigenvalue weighted by atomic mass is 79.9. The third-order valence-electron chi connectivity index (χ3n) is 2.44. The van der Waals surface area contributed by atoms with Gasteiger partial charge in [-0.3, -0.25) is 0 Å². The van der Waals surface area contributed by atoms with Crippen LogP contribution in [0, 0.1) is 0 Å². The predicted octanol–water partition coefficient (Wildman–Crippen LogP) is 3.59. The molecule has 0 aliphatic heterocycles. The van der Waals surface area contributed by atoms with E-state index in [1.807, 2.05) is 11.4 Å². The lowest BCUT2D eigenvalue weighted by Crippen LogP contribution is -2.02. The predicted molar refractivity (Wildman–Crippen MR) is 74.6 cm³/mol. The van der Waals surface area contributed by atoms with Crippen LogP contribution in [0.1, 0.15) is 34.9 Å². The van der Waals surface area contributed by atoms with Gasteiger partial charge >= 0.3 is 0 Å². The Kier molecular flexibility index (Phi) is 4.67. The van der Waals surface area contributed by atoms with Gasteiger partial charge in [0.1, 0.15) is 0 Å². The summed E-state index contributed by atoms with van der Waals surface area (Å²) in [5.41, 5.74) is 0.942. The largest absolute Gasteiger partial charge is 0.387 e. The fourth-order valence-corrected chi connectivity index (χ4v) is 3.85. The lowest BCUT2D eigenvalue weighted by molar-refractivity contribution is 0.182. The molecule has 6 heteroatoms. The number of hydrogen-bond donors (Lipinski definition) is 1. The van der Waals surface area contributed by atoms with Crippen LogP contribution in [0.5, 0.6) is 0 Å². The molecule has 0 fully saturated rings. The zero-order valence-electron chi connectivity index (χ0n) is 9.39. The third kappa shape index (κ3) is 3.13. The van der Waals surface area contributed by atoms with E-state index in [4.69, 9.17) is 0 Å². The Morgan fingerprint density at radius 2 is 2.35 bits per heavy atom. The summed E-state index contributed by atoms with van der Waals surface area (Å²) in [4.78, 5) is 2.07. The van der Waals surface area contributed by atoms with Crippen molar-refractivity contribution in [2.45, 2.75) is 32.3 Å². The molecule has 0 saturated carbocycles. The Morgan fingerprint density at radius 1 is 1.53 bits per heavy atom. The van der Waals surface area contributed by atoms with Crippen LogP contribution in [0.3, 0.4) is 0 Å². The van der Waals surface area contributed by atoms with Gasteiger partial charge in [0.2, 0.25) is 0 Å². The van der Waals surface area contributed by atoms with Gasteiger partial charge in [-0.25, -0.2) is 0 Å². The Labute approximate surface area is 117 Å². The van der Waals surface area contributed by atoms with E-state index in [2.05, 4.69) is 32.4 Å².